The zero-order valence-corrected chi connectivity index (χ0v) is 10.9. The van der Waals surface area contributed by atoms with Gasteiger partial charge in [0.05, 0.1) is 0 Å². The normalized spacial score (nSPS) is 12.2. The quantitative estimate of drug-likeness (QED) is 0.368. The summed E-state index contributed by atoms with van der Waals surface area (Å²) < 4.78 is 0. The fraction of sp³-hybridized carbons (Fsp3) is 0.615. The van der Waals surface area contributed by atoms with Crippen molar-refractivity contribution in [1.29, 1.82) is 0 Å². The van der Waals surface area contributed by atoms with Crippen molar-refractivity contribution in [2.45, 2.75) is 52.0 Å². The molecule has 4 heteroatoms. The molecule has 0 amide bonds. The van der Waals surface area contributed by atoms with Crippen LogP contribution in [0.1, 0.15) is 46.0 Å². The molecule has 0 saturated carbocycles. The predicted molar refractivity (Wildman–Crippen MR) is 73.9 cm³/mol. The van der Waals surface area contributed by atoms with Crippen LogP contribution in [0.3, 0.4) is 0 Å². The highest BCUT2D eigenvalue weighted by Crippen LogP contribution is 2.14. The van der Waals surface area contributed by atoms with Gasteiger partial charge in [-0.15, -0.1) is 0 Å². The zero-order chi connectivity index (χ0) is 12.5. The molecule has 0 saturated heterocycles. The molecule has 0 aromatic carbocycles. The fourth-order valence-corrected chi connectivity index (χ4v) is 1.83. The molecule has 1 heterocycles. The number of aromatic nitrogens is 1. The van der Waals surface area contributed by atoms with Crippen LogP contribution in [0.15, 0.2) is 18.3 Å². The van der Waals surface area contributed by atoms with E-state index in [-0.39, 0.29) is 0 Å². The summed E-state index contributed by atoms with van der Waals surface area (Å²) in [5.41, 5.74) is 3.62. The van der Waals surface area contributed by atoms with Gasteiger partial charge in [0.15, 0.2) is 0 Å². The molecule has 1 unspecified atom stereocenters. The van der Waals surface area contributed by atoms with Crippen LogP contribution in [0, 0.1) is 0 Å². The molecule has 0 aliphatic carbocycles. The predicted octanol–water partition coefficient (Wildman–Crippen LogP) is 3.14. The Kier molecular flexibility index (Phi) is 6.40. The summed E-state index contributed by atoms with van der Waals surface area (Å²) in [5, 5.41) is 3.46. The first-order valence-electron chi connectivity index (χ1n) is 6.45. The molecule has 1 aromatic heterocycles. The number of nitrogens with one attached hydrogen (secondary N) is 2. The minimum absolute atomic E-state index is 0.486. The third kappa shape index (κ3) is 5.54. The highest BCUT2D eigenvalue weighted by molar-refractivity contribution is 5.51. The van der Waals surface area contributed by atoms with Gasteiger partial charge in [-0.2, -0.15) is 0 Å². The molecule has 4 nitrogen and oxygen atoms in total. The van der Waals surface area contributed by atoms with Gasteiger partial charge >= 0.3 is 0 Å². The van der Waals surface area contributed by atoms with Crippen LogP contribution < -0.4 is 16.6 Å². The number of hydrazine groups is 1. The van der Waals surface area contributed by atoms with E-state index in [0.717, 1.165) is 5.69 Å². The molecule has 0 fully saturated rings. The van der Waals surface area contributed by atoms with Crippen LogP contribution in [-0.2, 0) is 0 Å². The van der Waals surface area contributed by atoms with Gasteiger partial charge in [0, 0.05) is 24.0 Å². The summed E-state index contributed by atoms with van der Waals surface area (Å²) in [4.78, 5) is 4.08. The molecular formula is C13H24N4. The molecule has 1 atom stereocenters. The number of hydrogen-bond donors (Lipinski definition) is 3. The first-order valence-corrected chi connectivity index (χ1v) is 6.45. The summed E-state index contributed by atoms with van der Waals surface area (Å²) in [7, 11) is 0. The molecule has 1 rings (SSSR count). The lowest BCUT2D eigenvalue weighted by Crippen LogP contribution is -2.15. The number of pyridine rings is 1. The molecule has 17 heavy (non-hydrogen) atoms. The molecule has 0 bridgehead atoms. The monoisotopic (exact) mass is 236 g/mol. The molecule has 0 radical (unpaired) electrons. The van der Waals surface area contributed by atoms with Crippen molar-refractivity contribution in [3.63, 3.8) is 0 Å². The lowest BCUT2D eigenvalue weighted by atomic mass is 10.1. The van der Waals surface area contributed by atoms with Crippen molar-refractivity contribution < 1.29 is 0 Å². The van der Waals surface area contributed by atoms with E-state index >= 15 is 0 Å². The Balaban J connectivity index is 2.31. The maximum Gasteiger partial charge on any atom is 0.141 e. The number of nitrogens with two attached hydrogens (primary N) is 1. The zero-order valence-electron chi connectivity index (χ0n) is 10.9. The van der Waals surface area contributed by atoms with Gasteiger partial charge in [-0.25, -0.2) is 10.8 Å². The minimum atomic E-state index is 0.486. The number of nitrogens with zero attached hydrogens (tertiary/aromatic N) is 1. The van der Waals surface area contributed by atoms with Crippen LogP contribution in [0.2, 0.25) is 0 Å². The van der Waals surface area contributed by atoms with Gasteiger partial charge < -0.3 is 10.7 Å². The van der Waals surface area contributed by atoms with Crippen LogP contribution >= 0.6 is 0 Å². The van der Waals surface area contributed by atoms with E-state index in [1.165, 1.54) is 32.1 Å². The molecular weight excluding hydrogens is 212 g/mol. The van der Waals surface area contributed by atoms with Crippen molar-refractivity contribution >= 4 is 11.5 Å². The van der Waals surface area contributed by atoms with Crippen LogP contribution in [-0.4, -0.2) is 11.0 Å². The molecule has 4 N–H and O–H groups in total. The second-order valence-corrected chi connectivity index (χ2v) is 4.47. The smallest absolute Gasteiger partial charge is 0.141 e. The van der Waals surface area contributed by atoms with Crippen LogP contribution in [0.5, 0.6) is 0 Å². The van der Waals surface area contributed by atoms with E-state index < -0.39 is 0 Å². The third-order valence-corrected chi connectivity index (χ3v) is 2.81. The Morgan fingerprint density at radius 3 is 2.88 bits per heavy atom. The van der Waals surface area contributed by atoms with E-state index in [4.69, 9.17) is 5.84 Å². The van der Waals surface area contributed by atoms with Gasteiger partial charge in [-0.3, -0.25) is 0 Å². The SMILES string of the molecule is CCCCCCC(C)Nc1ccnc(NN)c1. The number of rotatable bonds is 8. The van der Waals surface area contributed by atoms with Gasteiger partial charge in [-0.05, 0) is 19.4 Å². The van der Waals surface area contributed by atoms with Gasteiger partial charge in [0.25, 0.3) is 0 Å². The van der Waals surface area contributed by atoms with Crippen LogP contribution in [0.25, 0.3) is 0 Å². The number of hydrogen-bond acceptors (Lipinski definition) is 4. The van der Waals surface area contributed by atoms with Gasteiger partial charge in [0.1, 0.15) is 5.82 Å². The van der Waals surface area contributed by atoms with Gasteiger partial charge in [0.2, 0.25) is 0 Å². The first kappa shape index (κ1) is 13.8. The summed E-state index contributed by atoms with van der Waals surface area (Å²) in [5.74, 6) is 6.01. The molecule has 96 valence electrons. The highest BCUT2D eigenvalue weighted by atomic mass is 15.2. The van der Waals surface area contributed by atoms with E-state index in [1.54, 1.807) is 6.20 Å². The van der Waals surface area contributed by atoms with E-state index in [2.05, 4.69) is 29.6 Å². The summed E-state index contributed by atoms with van der Waals surface area (Å²) >= 11 is 0. The van der Waals surface area contributed by atoms with E-state index in [9.17, 15) is 0 Å². The Morgan fingerprint density at radius 1 is 1.35 bits per heavy atom. The lowest BCUT2D eigenvalue weighted by Gasteiger charge is -2.15. The summed E-state index contributed by atoms with van der Waals surface area (Å²) in [6.45, 7) is 4.45. The topological polar surface area (TPSA) is 63.0 Å². The number of anilines is 2. The maximum absolute atomic E-state index is 5.32. The standard InChI is InChI=1S/C13H24N4/c1-3-4-5-6-7-11(2)16-12-8-9-15-13(10-12)17-14/h8-11H,3-7,14H2,1-2H3,(H2,15,16,17). The third-order valence-electron chi connectivity index (χ3n) is 2.81. The van der Waals surface area contributed by atoms with Crippen molar-refractivity contribution in [1.82, 2.24) is 4.98 Å². The average molecular weight is 236 g/mol. The molecule has 1 aromatic rings. The van der Waals surface area contributed by atoms with E-state index in [0.29, 0.717) is 11.9 Å². The molecule has 0 spiro atoms. The Labute approximate surface area is 104 Å². The Morgan fingerprint density at radius 2 is 2.18 bits per heavy atom. The highest BCUT2D eigenvalue weighted by Gasteiger charge is 2.02. The Hall–Kier alpha value is -1.29. The minimum Gasteiger partial charge on any atom is -0.382 e. The van der Waals surface area contributed by atoms with Crippen molar-refractivity contribution in [3.8, 4) is 0 Å². The summed E-state index contributed by atoms with van der Waals surface area (Å²) in [6, 6.07) is 4.37. The summed E-state index contributed by atoms with van der Waals surface area (Å²) in [6.07, 6.45) is 8.19. The van der Waals surface area contributed by atoms with Gasteiger partial charge in [-0.1, -0.05) is 32.6 Å². The first-order chi connectivity index (χ1) is 8.26. The van der Waals surface area contributed by atoms with Crippen molar-refractivity contribution in [3.05, 3.63) is 18.3 Å². The van der Waals surface area contributed by atoms with Crippen molar-refractivity contribution in [2.75, 3.05) is 10.7 Å². The molecule has 0 aliphatic heterocycles. The largest absolute Gasteiger partial charge is 0.382 e. The maximum atomic E-state index is 5.32. The second kappa shape index (κ2) is 7.90. The van der Waals surface area contributed by atoms with Crippen LogP contribution in [0.4, 0.5) is 11.5 Å². The number of nitrogen functional groups attached to an aromatic ring is 1. The van der Waals surface area contributed by atoms with Crippen molar-refractivity contribution in [2.24, 2.45) is 5.84 Å². The molecule has 0 aliphatic rings. The Bertz CT molecular complexity index is 314. The van der Waals surface area contributed by atoms with E-state index in [1.807, 2.05) is 12.1 Å². The fourth-order valence-electron chi connectivity index (χ4n) is 1.83. The average Bonchev–Trinajstić information content (AvgIpc) is 2.35. The number of unbranched alkanes of at least 4 members (excludes halogenated alkanes) is 3. The second-order valence-electron chi connectivity index (χ2n) is 4.47. The lowest BCUT2D eigenvalue weighted by molar-refractivity contribution is 0.594.